The van der Waals surface area contributed by atoms with E-state index >= 15 is 0 Å². The zero-order valence-electron chi connectivity index (χ0n) is 8.81. The molecule has 0 aromatic heterocycles. The Hall–Kier alpha value is 0.270. The Balaban J connectivity index is 1.98. The van der Waals surface area contributed by atoms with Gasteiger partial charge in [0.05, 0.1) is 0 Å². The first-order valence-electron chi connectivity index (χ1n) is 5.34. The molecule has 0 aromatic rings. The number of hydrogen-bond donors (Lipinski definition) is 2. The Bertz CT molecular complexity index is 124. The maximum atomic E-state index is 3.53. The van der Waals surface area contributed by atoms with Gasteiger partial charge in [0.1, 0.15) is 0 Å². The first kappa shape index (κ1) is 11.3. The van der Waals surface area contributed by atoms with E-state index in [1.54, 1.807) is 0 Å². The quantitative estimate of drug-likeness (QED) is 0.703. The van der Waals surface area contributed by atoms with Crippen LogP contribution in [0.2, 0.25) is 0 Å². The number of rotatable bonds is 5. The van der Waals surface area contributed by atoms with Gasteiger partial charge in [0, 0.05) is 30.6 Å². The van der Waals surface area contributed by atoms with Gasteiger partial charge in [-0.15, -0.1) is 0 Å². The lowest BCUT2D eigenvalue weighted by atomic mass is 10.1. The molecule has 1 aliphatic heterocycles. The summed E-state index contributed by atoms with van der Waals surface area (Å²) in [6, 6.07) is 0.697. The highest BCUT2D eigenvalue weighted by atomic mass is 32.2. The van der Waals surface area contributed by atoms with E-state index in [-0.39, 0.29) is 0 Å². The Morgan fingerprint density at radius 1 is 1.62 bits per heavy atom. The first-order chi connectivity index (χ1) is 6.33. The van der Waals surface area contributed by atoms with Gasteiger partial charge in [-0.3, -0.25) is 0 Å². The van der Waals surface area contributed by atoms with Gasteiger partial charge in [-0.2, -0.15) is 11.8 Å². The molecular formula is C10H22N2S. The van der Waals surface area contributed by atoms with Crippen LogP contribution < -0.4 is 10.6 Å². The highest BCUT2D eigenvalue weighted by Gasteiger charge is 2.11. The van der Waals surface area contributed by atoms with Crippen LogP contribution in [0.15, 0.2) is 0 Å². The molecule has 0 spiro atoms. The van der Waals surface area contributed by atoms with Crippen LogP contribution >= 0.6 is 11.8 Å². The molecule has 1 aliphatic rings. The Kier molecular flexibility index (Phi) is 5.83. The summed E-state index contributed by atoms with van der Waals surface area (Å²) >= 11 is 2.07. The topological polar surface area (TPSA) is 24.1 Å². The van der Waals surface area contributed by atoms with Crippen LogP contribution in [0.1, 0.15) is 20.3 Å². The minimum Gasteiger partial charge on any atom is -0.315 e. The Labute approximate surface area is 86.2 Å². The molecule has 1 fully saturated rings. The van der Waals surface area contributed by atoms with Crippen molar-refractivity contribution < 1.29 is 0 Å². The van der Waals surface area contributed by atoms with E-state index in [1.807, 2.05) is 0 Å². The van der Waals surface area contributed by atoms with Crippen molar-refractivity contribution in [3.8, 4) is 0 Å². The first-order valence-corrected chi connectivity index (χ1v) is 6.50. The molecule has 0 saturated carbocycles. The van der Waals surface area contributed by atoms with Gasteiger partial charge in [-0.1, -0.05) is 20.3 Å². The van der Waals surface area contributed by atoms with E-state index in [0.29, 0.717) is 6.04 Å². The van der Waals surface area contributed by atoms with Gasteiger partial charge >= 0.3 is 0 Å². The summed E-state index contributed by atoms with van der Waals surface area (Å²) in [5.41, 5.74) is 0. The van der Waals surface area contributed by atoms with Crippen molar-refractivity contribution in [2.24, 2.45) is 5.92 Å². The molecule has 2 unspecified atom stereocenters. The average Bonchev–Trinajstić information content (AvgIpc) is 2.19. The molecule has 0 aliphatic carbocycles. The molecule has 0 aromatic carbocycles. The monoisotopic (exact) mass is 202 g/mol. The molecule has 1 saturated heterocycles. The van der Waals surface area contributed by atoms with Crippen molar-refractivity contribution in [2.45, 2.75) is 26.3 Å². The van der Waals surface area contributed by atoms with Gasteiger partial charge in [-0.05, 0) is 12.5 Å². The SMILES string of the molecule is CCC(C)CNCC1CSCCN1. The maximum Gasteiger partial charge on any atom is 0.0283 e. The van der Waals surface area contributed by atoms with E-state index in [2.05, 4.69) is 36.2 Å². The Morgan fingerprint density at radius 3 is 3.08 bits per heavy atom. The molecular weight excluding hydrogens is 180 g/mol. The fourth-order valence-corrected chi connectivity index (χ4v) is 2.35. The summed E-state index contributed by atoms with van der Waals surface area (Å²) in [6.45, 7) is 8.04. The normalized spacial score (nSPS) is 25.8. The predicted octanol–water partition coefficient (Wildman–Crippen LogP) is 1.33. The number of thioether (sulfide) groups is 1. The van der Waals surface area contributed by atoms with Gasteiger partial charge in [0.2, 0.25) is 0 Å². The average molecular weight is 202 g/mol. The van der Waals surface area contributed by atoms with E-state index in [9.17, 15) is 0 Å². The lowest BCUT2D eigenvalue weighted by Crippen LogP contribution is -2.45. The lowest BCUT2D eigenvalue weighted by Gasteiger charge is -2.24. The number of nitrogens with one attached hydrogen (secondary N) is 2. The predicted molar refractivity (Wildman–Crippen MR) is 61.4 cm³/mol. The summed E-state index contributed by atoms with van der Waals surface area (Å²) in [5.74, 6) is 3.37. The van der Waals surface area contributed by atoms with Crippen molar-refractivity contribution in [1.29, 1.82) is 0 Å². The van der Waals surface area contributed by atoms with Crippen LogP contribution in [0.25, 0.3) is 0 Å². The van der Waals surface area contributed by atoms with Gasteiger partial charge in [0.25, 0.3) is 0 Å². The molecule has 13 heavy (non-hydrogen) atoms. The third-order valence-corrected chi connectivity index (χ3v) is 3.71. The van der Waals surface area contributed by atoms with Crippen LogP contribution in [0.3, 0.4) is 0 Å². The van der Waals surface area contributed by atoms with E-state index in [0.717, 1.165) is 12.5 Å². The standard InChI is InChI=1S/C10H22N2S/c1-3-9(2)6-11-7-10-8-13-5-4-12-10/h9-12H,3-8H2,1-2H3. The second-order valence-corrected chi connectivity index (χ2v) is 5.05. The van der Waals surface area contributed by atoms with E-state index in [4.69, 9.17) is 0 Å². The summed E-state index contributed by atoms with van der Waals surface area (Å²) in [4.78, 5) is 0. The molecule has 78 valence electrons. The van der Waals surface area contributed by atoms with Crippen LogP contribution in [-0.2, 0) is 0 Å². The minimum absolute atomic E-state index is 0.697. The molecule has 0 amide bonds. The second-order valence-electron chi connectivity index (χ2n) is 3.90. The molecule has 0 radical (unpaired) electrons. The Morgan fingerprint density at radius 2 is 2.46 bits per heavy atom. The summed E-state index contributed by atoms with van der Waals surface area (Å²) in [7, 11) is 0. The largest absolute Gasteiger partial charge is 0.315 e. The van der Waals surface area contributed by atoms with Gasteiger partial charge in [0.15, 0.2) is 0 Å². The summed E-state index contributed by atoms with van der Waals surface area (Å²) in [6.07, 6.45) is 1.28. The maximum absolute atomic E-state index is 3.53. The summed E-state index contributed by atoms with van der Waals surface area (Å²) < 4.78 is 0. The van der Waals surface area contributed by atoms with Crippen molar-refractivity contribution in [1.82, 2.24) is 10.6 Å². The molecule has 2 N–H and O–H groups in total. The minimum atomic E-state index is 0.697. The van der Waals surface area contributed by atoms with E-state index < -0.39 is 0 Å². The zero-order valence-corrected chi connectivity index (χ0v) is 9.62. The van der Waals surface area contributed by atoms with Gasteiger partial charge < -0.3 is 10.6 Å². The fourth-order valence-electron chi connectivity index (χ4n) is 1.40. The van der Waals surface area contributed by atoms with Crippen LogP contribution in [0, 0.1) is 5.92 Å². The van der Waals surface area contributed by atoms with Crippen molar-refractivity contribution in [3.63, 3.8) is 0 Å². The molecule has 2 nitrogen and oxygen atoms in total. The lowest BCUT2D eigenvalue weighted by molar-refractivity contribution is 0.457. The van der Waals surface area contributed by atoms with Crippen molar-refractivity contribution in [3.05, 3.63) is 0 Å². The van der Waals surface area contributed by atoms with Gasteiger partial charge in [-0.25, -0.2) is 0 Å². The highest BCUT2D eigenvalue weighted by Crippen LogP contribution is 2.06. The number of hydrogen-bond acceptors (Lipinski definition) is 3. The third-order valence-electron chi connectivity index (χ3n) is 2.58. The highest BCUT2D eigenvalue weighted by molar-refractivity contribution is 7.99. The zero-order chi connectivity index (χ0) is 9.52. The molecule has 0 bridgehead atoms. The van der Waals surface area contributed by atoms with Crippen LogP contribution in [-0.4, -0.2) is 37.2 Å². The van der Waals surface area contributed by atoms with E-state index in [1.165, 1.54) is 31.0 Å². The molecule has 3 heteroatoms. The molecule has 1 rings (SSSR count). The van der Waals surface area contributed by atoms with Crippen molar-refractivity contribution >= 4 is 11.8 Å². The molecule has 2 atom stereocenters. The fraction of sp³-hybridized carbons (Fsp3) is 1.00. The summed E-state index contributed by atoms with van der Waals surface area (Å²) in [5, 5.41) is 7.06. The second kappa shape index (κ2) is 6.68. The van der Waals surface area contributed by atoms with Crippen LogP contribution in [0.4, 0.5) is 0 Å². The smallest absolute Gasteiger partial charge is 0.0283 e. The van der Waals surface area contributed by atoms with Crippen molar-refractivity contribution in [2.75, 3.05) is 31.1 Å². The third kappa shape index (κ3) is 4.89. The van der Waals surface area contributed by atoms with Crippen LogP contribution in [0.5, 0.6) is 0 Å². The molecule has 1 heterocycles.